The molecule has 0 amide bonds. The standard InChI is InChI=1S/C18H24N4O2S/c1-3-10-19-17-12-16(14-7-5-4-6-8-14)20-18(21-17)22(2)15-9-11-25(23,24)13-15/h4-8,12,15H,3,9-11,13H2,1-2H3,(H,19,20,21). The van der Waals surface area contributed by atoms with Gasteiger partial charge in [-0.05, 0) is 12.8 Å². The molecule has 1 atom stereocenters. The first-order valence-corrected chi connectivity index (χ1v) is 10.4. The summed E-state index contributed by atoms with van der Waals surface area (Å²) in [6.45, 7) is 2.93. The molecule has 1 unspecified atom stereocenters. The van der Waals surface area contributed by atoms with E-state index in [-0.39, 0.29) is 17.5 Å². The summed E-state index contributed by atoms with van der Waals surface area (Å²) in [5, 5.41) is 3.31. The van der Waals surface area contributed by atoms with Crippen LogP contribution in [0.3, 0.4) is 0 Å². The number of nitrogens with zero attached hydrogens (tertiary/aromatic N) is 3. The lowest BCUT2D eigenvalue weighted by Crippen LogP contribution is -2.34. The van der Waals surface area contributed by atoms with Crippen molar-refractivity contribution in [2.24, 2.45) is 0 Å². The van der Waals surface area contributed by atoms with Gasteiger partial charge in [0.2, 0.25) is 5.95 Å². The van der Waals surface area contributed by atoms with Gasteiger partial charge in [0.1, 0.15) is 5.82 Å². The van der Waals surface area contributed by atoms with Crippen LogP contribution in [-0.2, 0) is 9.84 Å². The third kappa shape index (κ3) is 4.28. The lowest BCUT2D eigenvalue weighted by molar-refractivity contribution is 0.600. The molecule has 0 aliphatic carbocycles. The number of hydrogen-bond donors (Lipinski definition) is 1. The van der Waals surface area contributed by atoms with Gasteiger partial charge >= 0.3 is 0 Å². The van der Waals surface area contributed by atoms with E-state index in [9.17, 15) is 8.42 Å². The van der Waals surface area contributed by atoms with Gasteiger partial charge in [0, 0.05) is 31.3 Å². The summed E-state index contributed by atoms with van der Waals surface area (Å²) in [7, 11) is -1.07. The molecule has 0 bridgehead atoms. The molecule has 1 aliphatic heterocycles. The summed E-state index contributed by atoms with van der Waals surface area (Å²) in [4.78, 5) is 11.2. The largest absolute Gasteiger partial charge is 0.370 e. The van der Waals surface area contributed by atoms with Gasteiger partial charge in [0.05, 0.1) is 17.2 Å². The minimum Gasteiger partial charge on any atom is -0.370 e. The van der Waals surface area contributed by atoms with Crippen LogP contribution in [0.2, 0.25) is 0 Å². The van der Waals surface area contributed by atoms with Crippen molar-refractivity contribution in [1.29, 1.82) is 0 Å². The summed E-state index contributed by atoms with van der Waals surface area (Å²) in [6, 6.07) is 11.8. The van der Waals surface area contributed by atoms with Gasteiger partial charge in [0.15, 0.2) is 9.84 Å². The molecular formula is C18H24N4O2S. The Kier molecular flexibility index (Phi) is 5.22. The number of rotatable bonds is 6. The van der Waals surface area contributed by atoms with E-state index >= 15 is 0 Å². The van der Waals surface area contributed by atoms with E-state index < -0.39 is 9.84 Å². The summed E-state index contributed by atoms with van der Waals surface area (Å²) in [5.41, 5.74) is 1.84. The zero-order chi connectivity index (χ0) is 17.9. The van der Waals surface area contributed by atoms with Crippen molar-refractivity contribution in [1.82, 2.24) is 9.97 Å². The Morgan fingerprint density at radius 2 is 2.00 bits per heavy atom. The first kappa shape index (κ1) is 17.7. The fraction of sp³-hybridized carbons (Fsp3) is 0.444. The van der Waals surface area contributed by atoms with Crippen LogP contribution in [0.15, 0.2) is 36.4 Å². The van der Waals surface area contributed by atoms with Gasteiger partial charge in [-0.3, -0.25) is 0 Å². The maximum Gasteiger partial charge on any atom is 0.227 e. The topological polar surface area (TPSA) is 75.2 Å². The monoisotopic (exact) mass is 360 g/mol. The van der Waals surface area contributed by atoms with Crippen molar-refractivity contribution in [3.8, 4) is 11.3 Å². The number of benzene rings is 1. The number of nitrogens with one attached hydrogen (secondary N) is 1. The van der Waals surface area contributed by atoms with Gasteiger partial charge in [-0.15, -0.1) is 0 Å². The van der Waals surface area contributed by atoms with Crippen LogP contribution in [-0.4, -0.2) is 49.5 Å². The van der Waals surface area contributed by atoms with E-state index in [1.54, 1.807) is 0 Å². The summed E-state index contributed by atoms with van der Waals surface area (Å²) in [6.07, 6.45) is 1.62. The second kappa shape index (κ2) is 7.39. The molecule has 1 fully saturated rings. The molecule has 0 spiro atoms. The molecule has 7 heteroatoms. The van der Waals surface area contributed by atoms with Crippen molar-refractivity contribution in [2.45, 2.75) is 25.8 Å². The summed E-state index contributed by atoms with van der Waals surface area (Å²) in [5.74, 6) is 1.72. The van der Waals surface area contributed by atoms with Crippen molar-refractivity contribution >= 4 is 21.6 Å². The van der Waals surface area contributed by atoms with Crippen molar-refractivity contribution in [2.75, 3.05) is 35.3 Å². The van der Waals surface area contributed by atoms with Crippen molar-refractivity contribution < 1.29 is 8.42 Å². The van der Waals surface area contributed by atoms with Crippen LogP contribution < -0.4 is 10.2 Å². The van der Waals surface area contributed by atoms with E-state index in [0.29, 0.717) is 12.4 Å². The van der Waals surface area contributed by atoms with Gasteiger partial charge in [-0.1, -0.05) is 37.3 Å². The fourth-order valence-corrected chi connectivity index (χ4v) is 4.71. The van der Waals surface area contributed by atoms with Crippen LogP contribution in [0.25, 0.3) is 11.3 Å². The first-order valence-electron chi connectivity index (χ1n) is 8.60. The minimum absolute atomic E-state index is 0.0740. The summed E-state index contributed by atoms with van der Waals surface area (Å²) >= 11 is 0. The smallest absolute Gasteiger partial charge is 0.227 e. The Morgan fingerprint density at radius 1 is 1.24 bits per heavy atom. The van der Waals surface area contributed by atoms with Crippen molar-refractivity contribution in [3.63, 3.8) is 0 Å². The zero-order valence-corrected chi connectivity index (χ0v) is 15.5. The van der Waals surface area contributed by atoms with Gasteiger partial charge in [-0.2, -0.15) is 4.98 Å². The van der Waals surface area contributed by atoms with Gasteiger partial charge in [-0.25, -0.2) is 13.4 Å². The van der Waals surface area contributed by atoms with Gasteiger partial charge in [0.25, 0.3) is 0 Å². The quantitative estimate of drug-likeness (QED) is 0.853. The number of aromatic nitrogens is 2. The SMILES string of the molecule is CCCNc1cc(-c2ccccc2)nc(N(C)C2CCS(=O)(=O)C2)n1. The van der Waals surface area contributed by atoms with E-state index in [4.69, 9.17) is 0 Å². The number of hydrogen-bond acceptors (Lipinski definition) is 6. The molecule has 3 rings (SSSR count). The average molecular weight is 360 g/mol. The highest BCUT2D eigenvalue weighted by Gasteiger charge is 2.32. The van der Waals surface area contributed by atoms with Crippen LogP contribution in [0.4, 0.5) is 11.8 Å². The van der Waals surface area contributed by atoms with E-state index in [2.05, 4.69) is 22.2 Å². The Hall–Kier alpha value is -2.15. The molecule has 2 aromatic rings. The lowest BCUT2D eigenvalue weighted by Gasteiger charge is -2.24. The lowest BCUT2D eigenvalue weighted by atomic mass is 10.1. The minimum atomic E-state index is -2.95. The molecule has 6 nitrogen and oxygen atoms in total. The average Bonchev–Trinajstić information content (AvgIpc) is 2.99. The summed E-state index contributed by atoms with van der Waals surface area (Å²) < 4.78 is 23.6. The predicted molar refractivity (Wildman–Crippen MR) is 102 cm³/mol. The van der Waals surface area contributed by atoms with Crippen LogP contribution in [0.5, 0.6) is 0 Å². The molecule has 25 heavy (non-hydrogen) atoms. The Balaban J connectivity index is 1.94. The van der Waals surface area contributed by atoms with E-state index in [1.165, 1.54) is 0 Å². The molecule has 0 radical (unpaired) electrons. The maximum atomic E-state index is 11.8. The predicted octanol–water partition coefficient (Wildman–Crippen LogP) is 2.59. The molecule has 2 heterocycles. The Morgan fingerprint density at radius 3 is 2.64 bits per heavy atom. The third-order valence-electron chi connectivity index (χ3n) is 4.41. The Bertz CT molecular complexity index is 824. The first-order chi connectivity index (χ1) is 12.0. The van der Waals surface area contributed by atoms with Crippen LogP contribution >= 0.6 is 0 Å². The molecular weight excluding hydrogens is 336 g/mol. The fourth-order valence-electron chi connectivity index (χ4n) is 2.94. The van der Waals surface area contributed by atoms with Crippen LogP contribution in [0.1, 0.15) is 19.8 Å². The third-order valence-corrected chi connectivity index (χ3v) is 6.16. The normalized spacial score (nSPS) is 18.9. The van der Waals surface area contributed by atoms with Crippen LogP contribution in [0, 0.1) is 0 Å². The highest BCUT2D eigenvalue weighted by molar-refractivity contribution is 7.91. The molecule has 1 aromatic carbocycles. The second-order valence-electron chi connectivity index (χ2n) is 6.40. The van der Waals surface area contributed by atoms with E-state index in [1.807, 2.05) is 48.3 Å². The van der Waals surface area contributed by atoms with E-state index in [0.717, 1.165) is 30.0 Å². The molecule has 0 saturated carbocycles. The molecule has 1 saturated heterocycles. The second-order valence-corrected chi connectivity index (χ2v) is 8.63. The molecule has 1 aliphatic rings. The molecule has 1 aromatic heterocycles. The zero-order valence-electron chi connectivity index (χ0n) is 14.6. The Labute approximate surface area is 149 Å². The maximum absolute atomic E-state index is 11.8. The van der Waals surface area contributed by atoms with Gasteiger partial charge < -0.3 is 10.2 Å². The molecule has 134 valence electrons. The van der Waals surface area contributed by atoms with Crippen molar-refractivity contribution in [3.05, 3.63) is 36.4 Å². The highest BCUT2D eigenvalue weighted by Crippen LogP contribution is 2.25. The molecule has 1 N–H and O–H groups in total. The number of sulfone groups is 1. The number of anilines is 2. The highest BCUT2D eigenvalue weighted by atomic mass is 32.2.